The van der Waals surface area contributed by atoms with Crippen LogP contribution in [0.2, 0.25) is 0 Å². The second-order valence-electron chi connectivity index (χ2n) is 5.95. The highest BCUT2D eigenvalue weighted by atomic mass is 32.1. The Morgan fingerprint density at radius 1 is 1.21 bits per heavy atom. The summed E-state index contributed by atoms with van der Waals surface area (Å²) in [5.74, 6) is 0.905. The van der Waals surface area contributed by atoms with E-state index in [2.05, 4.69) is 20.6 Å². The van der Waals surface area contributed by atoms with Gasteiger partial charge in [0, 0.05) is 19.0 Å². The Labute approximate surface area is 145 Å². The second kappa shape index (κ2) is 7.12. The minimum Gasteiger partial charge on any atom is -0.358 e. The lowest BCUT2D eigenvalue weighted by Gasteiger charge is -2.17. The number of likely N-dealkylation sites (N-methyl/N-ethyl adjacent to an activating group) is 1. The van der Waals surface area contributed by atoms with Crippen LogP contribution < -0.4 is 10.6 Å². The van der Waals surface area contributed by atoms with Gasteiger partial charge in [-0.25, -0.2) is 9.97 Å². The van der Waals surface area contributed by atoms with Crippen molar-refractivity contribution in [2.24, 2.45) is 0 Å². The number of nitrogens with one attached hydrogen (secondary N) is 2. The molecule has 1 unspecified atom stereocenters. The Kier molecular flexibility index (Phi) is 5.38. The van der Waals surface area contributed by atoms with Crippen molar-refractivity contribution in [3.63, 3.8) is 0 Å². The summed E-state index contributed by atoms with van der Waals surface area (Å²) in [5.41, 5.74) is 1.12. The van der Waals surface area contributed by atoms with Crippen LogP contribution in [-0.2, 0) is 9.59 Å². The molecule has 130 valence electrons. The smallest absolute Gasteiger partial charge is 0.242 e. The van der Waals surface area contributed by atoms with Gasteiger partial charge in [-0.05, 0) is 33.3 Å². The summed E-state index contributed by atoms with van der Waals surface area (Å²) in [5, 5.41) is 6.74. The van der Waals surface area contributed by atoms with E-state index in [9.17, 15) is 9.59 Å². The quantitative estimate of drug-likeness (QED) is 0.856. The molecule has 2 heterocycles. The largest absolute Gasteiger partial charge is 0.358 e. The van der Waals surface area contributed by atoms with Crippen LogP contribution >= 0.6 is 11.3 Å². The van der Waals surface area contributed by atoms with Crippen LogP contribution in [0.15, 0.2) is 0 Å². The van der Waals surface area contributed by atoms with Gasteiger partial charge in [-0.2, -0.15) is 0 Å². The van der Waals surface area contributed by atoms with Gasteiger partial charge < -0.3 is 15.5 Å². The lowest BCUT2D eigenvalue weighted by Crippen LogP contribution is -2.42. The van der Waals surface area contributed by atoms with Crippen molar-refractivity contribution in [1.29, 1.82) is 0 Å². The van der Waals surface area contributed by atoms with Crippen molar-refractivity contribution < 1.29 is 9.59 Å². The number of fused-ring (bicyclic) bond motifs is 1. The van der Waals surface area contributed by atoms with Gasteiger partial charge in [-0.3, -0.25) is 9.59 Å². The molecule has 2 amide bonds. The number of carbonyl (C=O) groups is 2. The highest BCUT2D eigenvalue weighted by Gasteiger charge is 2.19. The zero-order chi connectivity index (χ0) is 18.0. The van der Waals surface area contributed by atoms with Gasteiger partial charge in [-0.1, -0.05) is 0 Å². The summed E-state index contributed by atoms with van der Waals surface area (Å²) in [7, 11) is 3.30. The number of rotatable bonds is 5. The summed E-state index contributed by atoms with van der Waals surface area (Å²) in [6.45, 7) is 7.62. The number of hydrogen-bond acceptors (Lipinski definition) is 6. The molecule has 0 aliphatic heterocycles. The van der Waals surface area contributed by atoms with Gasteiger partial charge in [0.25, 0.3) is 0 Å². The van der Waals surface area contributed by atoms with Crippen molar-refractivity contribution in [3.8, 4) is 0 Å². The van der Waals surface area contributed by atoms with Crippen LogP contribution in [0, 0.1) is 20.8 Å². The van der Waals surface area contributed by atoms with Gasteiger partial charge in [-0.15, -0.1) is 11.3 Å². The predicted octanol–water partition coefficient (Wildman–Crippen LogP) is 1.62. The normalized spacial score (nSPS) is 12.1. The number of thiophene rings is 1. The molecule has 0 spiro atoms. The van der Waals surface area contributed by atoms with Crippen LogP contribution in [0.1, 0.15) is 23.2 Å². The van der Waals surface area contributed by atoms with Gasteiger partial charge >= 0.3 is 0 Å². The molecule has 0 radical (unpaired) electrons. The van der Waals surface area contributed by atoms with Crippen LogP contribution in [0.5, 0.6) is 0 Å². The monoisotopic (exact) mass is 349 g/mol. The van der Waals surface area contributed by atoms with Gasteiger partial charge in [0.1, 0.15) is 22.5 Å². The zero-order valence-electron chi connectivity index (χ0n) is 14.9. The van der Waals surface area contributed by atoms with Crippen molar-refractivity contribution >= 4 is 39.2 Å². The maximum atomic E-state index is 12.2. The summed E-state index contributed by atoms with van der Waals surface area (Å²) in [6.07, 6.45) is 0. The Balaban J connectivity index is 2.17. The third kappa shape index (κ3) is 3.81. The van der Waals surface area contributed by atoms with E-state index in [1.165, 1.54) is 9.78 Å². The molecule has 2 aromatic rings. The molecule has 0 aliphatic carbocycles. The van der Waals surface area contributed by atoms with E-state index in [0.29, 0.717) is 11.6 Å². The van der Waals surface area contributed by atoms with Crippen LogP contribution in [0.4, 0.5) is 5.82 Å². The fourth-order valence-electron chi connectivity index (χ4n) is 2.21. The molecular weight excluding hydrogens is 326 g/mol. The summed E-state index contributed by atoms with van der Waals surface area (Å²) in [4.78, 5) is 36.2. The first kappa shape index (κ1) is 18.1. The summed E-state index contributed by atoms with van der Waals surface area (Å²) >= 11 is 1.62. The fraction of sp³-hybridized carbons (Fsp3) is 0.500. The summed E-state index contributed by atoms with van der Waals surface area (Å²) in [6, 6.07) is -0.517. The number of carbonyl (C=O) groups excluding carboxylic acids is 2. The molecule has 0 saturated carbocycles. The van der Waals surface area contributed by atoms with Crippen LogP contribution in [0.25, 0.3) is 10.2 Å². The number of nitrogens with zero attached hydrogens (tertiary/aromatic N) is 3. The topological polar surface area (TPSA) is 87.2 Å². The molecule has 2 aromatic heterocycles. The highest BCUT2D eigenvalue weighted by molar-refractivity contribution is 7.18. The molecule has 1 atom stereocenters. The minimum atomic E-state index is -0.517. The number of aryl methyl sites for hydroxylation is 3. The maximum Gasteiger partial charge on any atom is 0.242 e. The first-order valence-corrected chi connectivity index (χ1v) is 8.51. The van der Waals surface area contributed by atoms with E-state index in [1.54, 1.807) is 32.4 Å². The maximum absolute atomic E-state index is 12.2. The summed E-state index contributed by atoms with van der Waals surface area (Å²) < 4.78 is 0. The third-order valence-corrected chi connectivity index (χ3v) is 4.90. The number of amides is 2. The number of hydrogen-bond donors (Lipinski definition) is 2. The molecule has 2 N–H and O–H groups in total. The Hall–Kier alpha value is -2.22. The van der Waals surface area contributed by atoms with Crippen molar-refractivity contribution in [1.82, 2.24) is 20.2 Å². The molecule has 8 heteroatoms. The first-order chi connectivity index (χ1) is 11.2. The van der Waals surface area contributed by atoms with Gasteiger partial charge in [0.05, 0.1) is 11.9 Å². The third-order valence-electron chi connectivity index (χ3n) is 3.80. The van der Waals surface area contributed by atoms with Crippen LogP contribution in [0.3, 0.4) is 0 Å². The standard InChI is InChI=1S/C16H23N5O2S/c1-8-10(3)24-16-13(8)14(19-11(4)20-16)18-9(2)15(23)17-7-12(22)21(5)6/h9H,7H2,1-6H3,(H,17,23)(H,18,19,20). The molecular formula is C16H23N5O2S. The van der Waals surface area contributed by atoms with Gasteiger partial charge in [0.2, 0.25) is 11.8 Å². The van der Waals surface area contributed by atoms with Crippen LogP contribution in [-0.4, -0.2) is 53.4 Å². The molecule has 0 saturated heterocycles. The molecule has 0 fully saturated rings. The Bertz CT molecular complexity index is 784. The zero-order valence-corrected chi connectivity index (χ0v) is 15.7. The molecule has 0 aliphatic rings. The van der Waals surface area contributed by atoms with Crippen molar-refractivity contribution in [3.05, 3.63) is 16.3 Å². The molecule has 0 bridgehead atoms. The fourth-order valence-corrected chi connectivity index (χ4v) is 3.28. The SMILES string of the molecule is Cc1nc(NC(C)C(=O)NCC(=O)N(C)C)c2c(C)c(C)sc2n1. The lowest BCUT2D eigenvalue weighted by atomic mass is 10.2. The van der Waals surface area contributed by atoms with Crippen molar-refractivity contribution in [2.45, 2.75) is 33.7 Å². The van der Waals surface area contributed by atoms with E-state index in [1.807, 2.05) is 20.8 Å². The predicted molar refractivity (Wildman–Crippen MR) is 96.4 cm³/mol. The van der Waals surface area contributed by atoms with E-state index < -0.39 is 6.04 Å². The highest BCUT2D eigenvalue weighted by Crippen LogP contribution is 2.33. The minimum absolute atomic E-state index is 0.0212. The molecule has 2 rings (SSSR count). The number of anilines is 1. The Morgan fingerprint density at radius 3 is 2.50 bits per heavy atom. The average Bonchev–Trinajstić information content (AvgIpc) is 2.78. The first-order valence-electron chi connectivity index (χ1n) is 7.69. The van der Waals surface area contributed by atoms with Crippen molar-refractivity contribution in [2.75, 3.05) is 26.0 Å². The van der Waals surface area contributed by atoms with Gasteiger partial charge in [0.15, 0.2) is 0 Å². The van der Waals surface area contributed by atoms with E-state index in [0.717, 1.165) is 15.8 Å². The molecule has 0 aromatic carbocycles. The molecule has 7 nitrogen and oxygen atoms in total. The average molecular weight is 349 g/mol. The molecule has 24 heavy (non-hydrogen) atoms. The Morgan fingerprint density at radius 2 is 1.88 bits per heavy atom. The van der Waals surface area contributed by atoms with E-state index in [4.69, 9.17) is 0 Å². The van der Waals surface area contributed by atoms with E-state index >= 15 is 0 Å². The lowest BCUT2D eigenvalue weighted by molar-refractivity contribution is -0.131. The second-order valence-corrected chi connectivity index (χ2v) is 7.16. The number of aromatic nitrogens is 2. The van der Waals surface area contributed by atoms with E-state index in [-0.39, 0.29) is 18.4 Å².